The third kappa shape index (κ3) is 35.4. The van der Waals surface area contributed by atoms with E-state index in [1.807, 2.05) is 133 Å². The number of anilines is 3. The van der Waals surface area contributed by atoms with Crippen molar-refractivity contribution < 1.29 is 41.7 Å². The quantitative estimate of drug-likeness (QED) is 0.0579. The number of nitrogens with one attached hydrogen (secondary N) is 2. The molecule has 0 saturated heterocycles. The number of halogens is 7. The molecule has 0 unspecified atom stereocenters. The van der Waals surface area contributed by atoms with Crippen molar-refractivity contribution in [2.75, 3.05) is 43.2 Å². The van der Waals surface area contributed by atoms with Crippen LogP contribution in [0.25, 0.3) is 0 Å². The summed E-state index contributed by atoms with van der Waals surface area (Å²) in [5, 5.41) is 16.8. The fourth-order valence-electron chi connectivity index (χ4n) is 11.7. The van der Waals surface area contributed by atoms with Crippen LogP contribution in [-0.2, 0) is 4.79 Å². The van der Waals surface area contributed by atoms with Crippen LogP contribution < -0.4 is 30.6 Å². The molecule has 4 aliphatic rings. The van der Waals surface area contributed by atoms with E-state index < -0.39 is 0 Å². The number of benzene rings is 8. The summed E-state index contributed by atoms with van der Waals surface area (Å²) in [6.45, 7) is 48.6. The standard InChI is InChI=1S/C11H14ClNO.C11H13NO2.C11H20.C10H13FO.2C9H10ClF.C9H11F.C9H13N.C9H12O.C8H14/c1-7(2)8-3-4-9-11(10(8)12)13-5-6-14-9;1-7(2)8-3-4-10-9(5-8)12-11(13)6-14-10;1-9(2)10-5-7-11(3,4)8-6-10;1-7(2)8-4-5-10(12-3)9(11)6-8;1-6(2)8-4-3-7(10)5-9(8)11;1-6(2)7-3-4-8(10)9(11)5-7;1-7(2)8-3-5-9(10)6-4-8;2*1-7(2)8-5-3-4-6-9(8)10;1-7(2)8-5-3-4-6-8/h3-4,7,13H,5-6H2,1-2H3;3-5,7H,6H2,1-2H3,(H,12,13);5,9H,6-8H2,1-4H3;4-7H,1-3H3;2*3-6H,1-2H3;3-7H,1-2H3;3-7H,10H2,1-2H3;3-7,10H,1-2H3;5,7H,3-4,6H2,1-2H3. The molecule has 8 nitrogen and oxygen atoms in total. The van der Waals surface area contributed by atoms with Crippen molar-refractivity contribution in [3.8, 4) is 23.0 Å². The first-order chi connectivity index (χ1) is 52.2. The van der Waals surface area contributed by atoms with Gasteiger partial charge in [0.15, 0.2) is 18.2 Å². The minimum absolute atomic E-state index is 0.0848. The highest BCUT2D eigenvalue weighted by Gasteiger charge is 2.23. The van der Waals surface area contributed by atoms with Gasteiger partial charge in [0.1, 0.15) is 41.3 Å². The lowest BCUT2D eigenvalue weighted by atomic mass is 9.76. The van der Waals surface area contributed by atoms with Crippen molar-refractivity contribution in [2.45, 2.75) is 238 Å². The first kappa shape index (κ1) is 97.3. The number of hydrogen-bond donors (Lipinski definition) is 4. The van der Waals surface area contributed by atoms with Crippen LogP contribution in [0, 0.1) is 40.5 Å². The molecule has 2 aliphatic carbocycles. The number of phenols is 1. The molecule has 2 aliphatic heterocycles. The van der Waals surface area contributed by atoms with Crippen molar-refractivity contribution in [3.63, 3.8) is 0 Å². The topological polar surface area (TPSA) is 115 Å². The lowest BCUT2D eigenvalue weighted by molar-refractivity contribution is -0.118. The molecule has 0 radical (unpaired) electrons. The molecule has 0 saturated carbocycles. The molecular formula is C96H130Cl3F4N3O5. The van der Waals surface area contributed by atoms with Crippen molar-refractivity contribution in [1.82, 2.24) is 0 Å². The Balaban J connectivity index is 0.000000321. The SMILES string of the molecule is CC(C)C1=CCC(C)(C)CC1.CC(C)C1=CCCC1.CC(C)c1ccc(Cl)c(F)c1.CC(C)c1ccc(Cl)cc1F.CC(C)c1ccc(F)cc1.CC(C)c1ccc2c(c1)NC(=O)CO2.CC(C)c1ccc2c(c1Cl)NCCO2.CC(C)c1ccccc1N.CC(C)c1ccccc1O.COc1ccc(C(C)C)cc1F. The van der Waals surface area contributed by atoms with Crippen molar-refractivity contribution in [1.29, 1.82) is 0 Å². The summed E-state index contributed by atoms with van der Waals surface area (Å²) in [6.07, 6.45) is 12.9. The molecule has 12 rings (SSSR count). The maximum Gasteiger partial charge on any atom is 0.262 e. The van der Waals surface area contributed by atoms with Crippen LogP contribution in [0.5, 0.6) is 23.0 Å². The molecule has 608 valence electrons. The van der Waals surface area contributed by atoms with Crippen LogP contribution in [0.3, 0.4) is 0 Å². The van der Waals surface area contributed by atoms with Crippen molar-refractivity contribution in [2.24, 2.45) is 17.3 Å². The van der Waals surface area contributed by atoms with Gasteiger partial charge in [0, 0.05) is 17.3 Å². The summed E-state index contributed by atoms with van der Waals surface area (Å²) in [7, 11) is 1.47. The minimum atomic E-state index is -0.335. The van der Waals surface area contributed by atoms with E-state index in [2.05, 4.69) is 140 Å². The molecule has 2 heterocycles. The molecule has 8 aromatic carbocycles. The van der Waals surface area contributed by atoms with E-state index in [0.29, 0.717) is 70.0 Å². The molecular weight excluding hydrogens is 1460 g/mol. The van der Waals surface area contributed by atoms with E-state index in [-0.39, 0.29) is 46.7 Å². The van der Waals surface area contributed by atoms with Crippen molar-refractivity contribution in [3.05, 3.63) is 264 Å². The number of phenolic OH excluding ortho intramolecular Hbond substituents is 1. The Kier molecular flexibility index (Phi) is 43.4. The molecule has 8 aromatic rings. The summed E-state index contributed by atoms with van der Waals surface area (Å²) in [4.78, 5) is 11.1. The first-order valence-corrected chi connectivity index (χ1v) is 40.6. The number of rotatable bonds is 11. The van der Waals surface area contributed by atoms with E-state index >= 15 is 0 Å². The molecule has 111 heavy (non-hydrogen) atoms. The van der Waals surface area contributed by atoms with Crippen LogP contribution in [0.1, 0.15) is 283 Å². The Morgan fingerprint density at radius 1 is 0.495 bits per heavy atom. The molecule has 0 spiro atoms. The number of amides is 1. The smallest absolute Gasteiger partial charge is 0.262 e. The summed E-state index contributed by atoms with van der Waals surface area (Å²) >= 11 is 17.4. The average molecular weight is 1590 g/mol. The van der Waals surface area contributed by atoms with Gasteiger partial charge in [-0.25, -0.2) is 17.6 Å². The second-order valence-electron chi connectivity index (χ2n) is 32.0. The largest absolute Gasteiger partial charge is 0.508 e. The van der Waals surface area contributed by atoms with Gasteiger partial charge < -0.3 is 35.7 Å². The predicted molar refractivity (Wildman–Crippen MR) is 467 cm³/mol. The predicted octanol–water partition coefficient (Wildman–Crippen LogP) is 30.0. The Labute approximate surface area is 680 Å². The van der Waals surface area contributed by atoms with Crippen molar-refractivity contribution >= 4 is 57.8 Å². The zero-order valence-electron chi connectivity index (χ0n) is 70.6. The Morgan fingerprint density at radius 2 is 1.00 bits per heavy atom. The summed E-state index contributed by atoms with van der Waals surface area (Å²) in [5.74, 6) is 6.05. The Bertz CT molecular complexity index is 4090. The molecule has 0 atom stereocenters. The fourth-order valence-corrected chi connectivity index (χ4v) is 12.4. The number of allylic oxidation sites excluding steroid dienone is 4. The van der Waals surface area contributed by atoms with E-state index in [9.17, 15) is 27.5 Å². The molecule has 0 bridgehead atoms. The van der Waals surface area contributed by atoms with Crippen LogP contribution in [0.2, 0.25) is 15.1 Å². The maximum atomic E-state index is 13.1. The van der Waals surface area contributed by atoms with Gasteiger partial charge in [-0.3, -0.25) is 4.79 Å². The molecule has 5 N–H and O–H groups in total. The highest BCUT2D eigenvalue weighted by molar-refractivity contribution is 6.34. The van der Waals surface area contributed by atoms with Crippen LogP contribution >= 0.6 is 34.8 Å². The molecule has 0 fully saturated rings. The van der Waals surface area contributed by atoms with Gasteiger partial charge in [0.25, 0.3) is 5.91 Å². The average Bonchev–Trinajstić information content (AvgIpc) is 1.06. The van der Waals surface area contributed by atoms with Gasteiger partial charge in [0.2, 0.25) is 0 Å². The molecule has 1 amide bonds. The van der Waals surface area contributed by atoms with E-state index in [1.165, 1.54) is 98.2 Å². The number of methoxy groups -OCH3 is 1. The highest BCUT2D eigenvalue weighted by atomic mass is 35.5. The third-order valence-electron chi connectivity index (χ3n) is 19.0. The fraction of sp³-hybridized carbons (Fsp3) is 0.448. The molecule has 0 aromatic heterocycles. The number of nitrogens with two attached hydrogens (primary N) is 1. The van der Waals surface area contributed by atoms with Gasteiger partial charge in [-0.15, -0.1) is 0 Å². The number of para-hydroxylation sites is 2. The lowest BCUT2D eigenvalue weighted by Gasteiger charge is -2.29. The van der Waals surface area contributed by atoms with Gasteiger partial charge in [0.05, 0.1) is 28.5 Å². The van der Waals surface area contributed by atoms with Crippen LogP contribution in [0.15, 0.2) is 181 Å². The number of carbonyl (C=O) groups excluding carboxylic acids is 1. The second-order valence-corrected chi connectivity index (χ2v) is 33.3. The molecule has 15 heteroatoms. The van der Waals surface area contributed by atoms with E-state index in [0.717, 1.165) is 74.2 Å². The van der Waals surface area contributed by atoms with Crippen LogP contribution in [-0.4, -0.2) is 37.9 Å². The number of aromatic hydroxyl groups is 1. The lowest BCUT2D eigenvalue weighted by Crippen LogP contribution is -2.25. The second kappa shape index (κ2) is 49.6. The zero-order chi connectivity index (χ0) is 83.4. The summed E-state index contributed by atoms with van der Waals surface area (Å²) < 4.78 is 66.8. The van der Waals surface area contributed by atoms with Crippen LogP contribution in [0.4, 0.5) is 34.6 Å². The van der Waals surface area contributed by atoms with Gasteiger partial charge in [-0.2, -0.15) is 0 Å². The number of carbonyl (C=O) groups is 1. The Morgan fingerprint density at radius 3 is 1.46 bits per heavy atom. The highest BCUT2D eigenvalue weighted by Crippen LogP contribution is 2.40. The van der Waals surface area contributed by atoms with Gasteiger partial charge in [-0.05, 0) is 226 Å². The number of fused-ring (bicyclic) bond motifs is 2. The van der Waals surface area contributed by atoms with Gasteiger partial charge in [-0.1, -0.05) is 289 Å². The summed E-state index contributed by atoms with van der Waals surface area (Å²) in [6, 6.07) is 46.7. The van der Waals surface area contributed by atoms with Gasteiger partial charge >= 0.3 is 0 Å². The monoisotopic (exact) mass is 1590 g/mol. The minimum Gasteiger partial charge on any atom is -0.508 e. The maximum absolute atomic E-state index is 13.1. The van der Waals surface area contributed by atoms with E-state index in [4.69, 9.17) is 54.7 Å². The first-order valence-electron chi connectivity index (χ1n) is 39.4. The summed E-state index contributed by atoms with van der Waals surface area (Å²) in [5.41, 5.74) is 20.8. The number of nitrogen functional groups attached to an aromatic ring is 1. The number of ether oxygens (including phenoxy) is 3. The number of hydrogen-bond acceptors (Lipinski definition) is 7. The zero-order valence-corrected chi connectivity index (χ0v) is 72.9. The normalized spacial score (nSPS) is 13.5. The Hall–Kier alpha value is -7.90. The van der Waals surface area contributed by atoms with E-state index in [1.54, 1.807) is 41.5 Å². The third-order valence-corrected chi connectivity index (χ3v) is 20.0.